The molecule has 8 heteroatoms. The number of carbonyl (C=O) groups excluding carboxylic acids is 2. The monoisotopic (exact) mass is 450 g/mol. The molecule has 33 heavy (non-hydrogen) atoms. The largest absolute Gasteiger partial charge is 0.497 e. The molecule has 3 aromatic rings. The summed E-state index contributed by atoms with van der Waals surface area (Å²) >= 11 is 0. The fourth-order valence-electron chi connectivity index (χ4n) is 4.12. The van der Waals surface area contributed by atoms with Gasteiger partial charge in [-0.1, -0.05) is 12.1 Å². The average Bonchev–Trinajstić information content (AvgIpc) is 2.82. The Morgan fingerprint density at radius 3 is 2.39 bits per heavy atom. The number of piperidine rings is 1. The van der Waals surface area contributed by atoms with Crippen molar-refractivity contribution in [1.29, 1.82) is 0 Å². The minimum atomic E-state index is -0.318. The van der Waals surface area contributed by atoms with Gasteiger partial charge >= 0.3 is 0 Å². The average molecular weight is 450 g/mol. The molecule has 0 atom stereocenters. The number of carbonyl (C=O) groups is 2. The number of primary amides is 1. The molecule has 172 valence electrons. The zero-order chi connectivity index (χ0) is 23.5. The van der Waals surface area contributed by atoms with Crippen LogP contribution in [0.4, 0.5) is 0 Å². The number of nitrogens with two attached hydrogens (primary N) is 1. The fourth-order valence-corrected chi connectivity index (χ4v) is 4.12. The van der Waals surface area contributed by atoms with Crippen LogP contribution in [0, 0.1) is 12.8 Å². The lowest BCUT2D eigenvalue weighted by atomic mass is 9.96. The van der Waals surface area contributed by atoms with Gasteiger partial charge in [-0.15, -0.1) is 0 Å². The van der Waals surface area contributed by atoms with Crippen molar-refractivity contribution in [1.82, 2.24) is 4.90 Å². The molecule has 0 spiro atoms. The number of fused-ring (bicyclic) bond motifs is 1. The first-order valence-corrected chi connectivity index (χ1v) is 10.8. The number of amides is 2. The lowest BCUT2D eigenvalue weighted by molar-refractivity contribution is -0.136. The Kier molecular flexibility index (Phi) is 6.35. The van der Waals surface area contributed by atoms with Crippen molar-refractivity contribution < 1.29 is 23.5 Å². The van der Waals surface area contributed by atoms with E-state index >= 15 is 0 Å². The first kappa shape index (κ1) is 22.4. The van der Waals surface area contributed by atoms with Crippen molar-refractivity contribution in [2.24, 2.45) is 11.7 Å². The lowest BCUT2D eigenvalue weighted by Crippen LogP contribution is -2.43. The highest BCUT2D eigenvalue weighted by Crippen LogP contribution is 2.27. The molecule has 2 aromatic carbocycles. The van der Waals surface area contributed by atoms with Crippen molar-refractivity contribution >= 4 is 22.8 Å². The summed E-state index contributed by atoms with van der Waals surface area (Å²) in [5.74, 6) is 0.970. The number of nitrogens with zero attached hydrogens (tertiary/aromatic N) is 1. The Bertz CT molecular complexity index is 1240. The number of rotatable bonds is 6. The molecular formula is C25H26N2O6. The standard InChI is InChI=1S/C25H26N2O6/c1-15-23(16-3-5-18(31-2)6-4-16)24(29)20-8-7-19(13-21(20)33-15)32-14-22(28)27-11-9-17(10-12-27)25(26)30/h3-8,13,17H,9-12,14H2,1-2H3,(H2,26,30). The summed E-state index contributed by atoms with van der Waals surface area (Å²) < 4.78 is 16.8. The van der Waals surface area contributed by atoms with E-state index in [4.69, 9.17) is 19.6 Å². The Labute approximate surface area is 190 Å². The van der Waals surface area contributed by atoms with E-state index < -0.39 is 0 Å². The van der Waals surface area contributed by atoms with Crippen LogP contribution in [0.25, 0.3) is 22.1 Å². The number of aryl methyl sites for hydroxylation is 1. The quantitative estimate of drug-likeness (QED) is 0.618. The van der Waals surface area contributed by atoms with Gasteiger partial charge in [0.25, 0.3) is 5.91 Å². The Morgan fingerprint density at radius 1 is 1.09 bits per heavy atom. The predicted octanol–water partition coefficient (Wildman–Crippen LogP) is 2.88. The Hall–Kier alpha value is -3.81. The number of ether oxygens (including phenoxy) is 2. The van der Waals surface area contributed by atoms with Crippen LogP contribution in [-0.4, -0.2) is 43.5 Å². The maximum absolute atomic E-state index is 13.1. The zero-order valence-corrected chi connectivity index (χ0v) is 18.6. The van der Waals surface area contributed by atoms with Crippen molar-refractivity contribution in [3.05, 3.63) is 58.4 Å². The molecule has 0 unspecified atom stereocenters. The molecule has 4 rings (SSSR count). The second kappa shape index (κ2) is 9.36. The van der Waals surface area contributed by atoms with E-state index in [0.29, 0.717) is 59.7 Å². The molecular weight excluding hydrogens is 424 g/mol. The van der Waals surface area contributed by atoms with Gasteiger partial charge in [0.1, 0.15) is 22.8 Å². The third kappa shape index (κ3) is 4.69. The summed E-state index contributed by atoms with van der Waals surface area (Å²) in [6.45, 7) is 2.57. The third-order valence-electron chi connectivity index (χ3n) is 6.03. The molecule has 1 saturated heterocycles. The van der Waals surface area contributed by atoms with Crippen molar-refractivity contribution in [3.8, 4) is 22.6 Å². The highest BCUT2D eigenvalue weighted by molar-refractivity contribution is 5.84. The van der Waals surface area contributed by atoms with E-state index in [2.05, 4.69) is 0 Å². The molecule has 0 aliphatic carbocycles. The first-order valence-electron chi connectivity index (χ1n) is 10.8. The number of hydrogen-bond acceptors (Lipinski definition) is 6. The normalized spacial score (nSPS) is 14.3. The van der Waals surface area contributed by atoms with Gasteiger partial charge < -0.3 is 24.5 Å². The minimum Gasteiger partial charge on any atom is -0.497 e. The van der Waals surface area contributed by atoms with Gasteiger partial charge in [-0.3, -0.25) is 14.4 Å². The SMILES string of the molecule is COc1ccc(-c2c(C)oc3cc(OCC(=O)N4CCC(C(N)=O)CC4)ccc3c2=O)cc1. The van der Waals surface area contributed by atoms with Crippen LogP contribution in [0.5, 0.6) is 11.5 Å². The maximum Gasteiger partial charge on any atom is 0.260 e. The van der Waals surface area contributed by atoms with Gasteiger partial charge in [-0.25, -0.2) is 0 Å². The molecule has 1 aromatic heterocycles. The predicted molar refractivity (Wildman–Crippen MR) is 123 cm³/mol. The van der Waals surface area contributed by atoms with E-state index in [1.165, 1.54) is 0 Å². The minimum absolute atomic E-state index is 0.139. The molecule has 2 N–H and O–H groups in total. The zero-order valence-electron chi connectivity index (χ0n) is 18.6. The summed E-state index contributed by atoms with van der Waals surface area (Å²) in [6, 6.07) is 12.1. The number of benzene rings is 2. The van der Waals surface area contributed by atoms with Crippen LogP contribution in [0.1, 0.15) is 18.6 Å². The van der Waals surface area contributed by atoms with Gasteiger partial charge in [0.2, 0.25) is 11.3 Å². The molecule has 0 bridgehead atoms. The Balaban J connectivity index is 1.49. The molecule has 1 aliphatic rings. The highest BCUT2D eigenvalue weighted by Gasteiger charge is 2.26. The first-order chi connectivity index (χ1) is 15.9. The highest BCUT2D eigenvalue weighted by atomic mass is 16.5. The maximum atomic E-state index is 13.1. The van der Waals surface area contributed by atoms with E-state index in [9.17, 15) is 14.4 Å². The number of hydrogen-bond donors (Lipinski definition) is 1. The van der Waals surface area contributed by atoms with Crippen molar-refractivity contribution in [3.63, 3.8) is 0 Å². The molecule has 1 aliphatic heterocycles. The van der Waals surface area contributed by atoms with E-state index in [1.54, 1.807) is 49.3 Å². The van der Waals surface area contributed by atoms with Crippen LogP contribution < -0.4 is 20.6 Å². The molecule has 0 saturated carbocycles. The van der Waals surface area contributed by atoms with Crippen LogP contribution >= 0.6 is 0 Å². The summed E-state index contributed by atoms with van der Waals surface area (Å²) in [5.41, 5.74) is 6.83. The topological polar surface area (TPSA) is 112 Å². The van der Waals surface area contributed by atoms with Crippen LogP contribution in [0.3, 0.4) is 0 Å². The number of methoxy groups -OCH3 is 1. The van der Waals surface area contributed by atoms with E-state index in [1.807, 2.05) is 12.1 Å². The van der Waals surface area contributed by atoms with Crippen LogP contribution in [0.2, 0.25) is 0 Å². The second-order valence-electron chi connectivity index (χ2n) is 8.09. The molecule has 1 fully saturated rings. The third-order valence-corrected chi connectivity index (χ3v) is 6.03. The van der Waals surface area contributed by atoms with Gasteiger partial charge in [0.15, 0.2) is 6.61 Å². The van der Waals surface area contributed by atoms with Gasteiger partial charge in [-0.2, -0.15) is 0 Å². The fraction of sp³-hybridized carbons (Fsp3) is 0.320. The lowest BCUT2D eigenvalue weighted by Gasteiger charge is -2.30. The van der Waals surface area contributed by atoms with Crippen molar-refractivity contribution in [2.45, 2.75) is 19.8 Å². The summed E-state index contributed by atoms with van der Waals surface area (Å²) in [5, 5.41) is 0.429. The second-order valence-corrected chi connectivity index (χ2v) is 8.09. The summed E-state index contributed by atoms with van der Waals surface area (Å²) in [6.07, 6.45) is 1.13. The number of likely N-dealkylation sites (tertiary alicyclic amines) is 1. The summed E-state index contributed by atoms with van der Waals surface area (Å²) in [7, 11) is 1.59. The molecule has 0 radical (unpaired) electrons. The Morgan fingerprint density at radius 2 is 1.76 bits per heavy atom. The molecule has 2 heterocycles. The molecule has 8 nitrogen and oxygen atoms in total. The van der Waals surface area contributed by atoms with Gasteiger partial charge in [0, 0.05) is 25.1 Å². The van der Waals surface area contributed by atoms with Gasteiger partial charge in [0.05, 0.1) is 18.1 Å². The van der Waals surface area contributed by atoms with Crippen LogP contribution in [0.15, 0.2) is 51.7 Å². The van der Waals surface area contributed by atoms with Crippen molar-refractivity contribution in [2.75, 3.05) is 26.8 Å². The van der Waals surface area contributed by atoms with E-state index in [-0.39, 0.29) is 29.8 Å². The van der Waals surface area contributed by atoms with Crippen LogP contribution in [-0.2, 0) is 9.59 Å². The van der Waals surface area contributed by atoms with E-state index in [0.717, 1.165) is 5.56 Å². The summed E-state index contributed by atoms with van der Waals surface area (Å²) in [4.78, 5) is 38.6. The smallest absolute Gasteiger partial charge is 0.260 e. The molecule has 2 amide bonds. The van der Waals surface area contributed by atoms with Gasteiger partial charge in [-0.05, 0) is 49.6 Å².